The van der Waals surface area contributed by atoms with Crippen molar-refractivity contribution < 1.29 is 4.74 Å². The number of rotatable bonds is 1. The van der Waals surface area contributed by atoms with Crippen LogP contribution in [0.2, 0.25) is 0 Å². The number of nitrogens with zero attached hydrogens (tertiary/aromatic N) is 2. The van der Waals surface area contributed by atoms with Crippen LogP contribution >= 0.6 is 0 Å². The first-order valence-electron chi connectivity index (χ1n) is 2.57. The molecule has 0 aromatic carbocycles. The molecule has 0 aliphatic rings. The smallest absolute Gasteiger partial charge is 0.235 e. The van der Waals surface area contributed by atoms with E-state index in [9.17, 15) is 0 Å². The molecule has 0 radical (unpaired) electrons. The van der Waals surface area contributed by atoms with Crippen molar-refractivity contribution in [1.29, 1.82) is 0 Å². The zero-order valence-electron chi connectivity index (χ0n) is 5.46. The van der Waals surface area contributed by atoms with Crippen molar-refractivity contribution >= 4 is 5.69 Å². The largest absolute Gasteiger partial charge is 0.480 e. The van der Waals surface area contributed by atoms with Crippen LogP contribution in [0.15, 0.2) is 6.20 Å². The number of hydrogen-bond donors (Lipinski definition) is 1. The van der Waals surface area contributed by atoms with Gasteiger partial charge in [0, 0.05) is 7.05 Å². The summed E-state index contributed by atoms with van der Waals surface area (Å²) in [4.78, 5) is 0. The van der Waals surface area contributed by atoms with E-state index in [4.69, 9.17) is 10.5 Å². The summed E-state index contributed by atoms with van der Waals surface area (Å²) in [5, 5.41) is 3.85. The molecule has 1 heterocycles. The molecule has 50 valence electrons. The number of aromatic nitrogens is 2. The minimum atomic E-state index is 0.569. The molecule has 1 aromatic rings. The summed E-state index contributed by atoms with van der Waals surface area (Å²) in [6.07, 6.45) is 1.55. The number of nitrogen functional groups attached to an aromatic ring is 1. The zero-order valence-corrected chi connectivity index (χ0v) is 5.46. The molecule has 0 aliphatic heterocycles. The first-order valence-corrected chi connectivity index (χ1v) is 2.57. The van der Waals surface area contributed by atoms with Gasteiger partial charge in [0.15, 0.2) is 0 Å². The summed E-state index contributed by atoms with van der Waals surface area (Å²) in [5.41, 5.74) is 6.01. The lowest BCUT2D eigenvalue weighted by Gasteiger charge is -1.98. The number of anilines is 1. The summed E-state index contributed by atoms with van der Waals surface area (Å²) >= 11 is 0. The molecule has 0 saturated carbocycles. The number of nitrogens with two attached hydrogens (primary N) is 1. The van der Waals surface area contributed by atoms with Crippen molar-refractivity contribution in [3.63, 3.8) is 0 Å². The van der Waals surface area contributed by atoms with Gasteiger partial charge in [0.05, 0.1) is 13.3 Å². The third-order valence-electron chi connectivity index (χ3n) is 1.10. The number of ether oxygens (including phenoxy) is 1. The Hall–Kier alpha value is -1.19. The third kappa shape index (κ3) is 0.826. The fourth-order valence-electron chi connectivity index (χ4n) is 0.693. The minimum Gasteiger partial charge on any atom is -0.480 e. The summed E-state index contributed by atoms with van der Waals surface area (Å²) in [6.45, 7) is 0. The van der Waals surface area contributed by atoms with Crippen molar-refractivity contribution in [1.82, 2.24) is 9.78 Å². The molecule has 0 fully saturated rings. The van der Waals surface area contributed by atoms with Gasteiger partial charge in [0.25, 0.3) is 0 Å². The van der Waals surface area contributed by atoms with Crippen LogP contribution in [0.4, 0.5) is 5.69 Å². The van der Waals surface area contributed by atoms with E-state index < -0.39 is 0 Å². The Morgan fingerprint density at radius 1 is 1.78 bits per heavy atom. The van der Waals surface area contributed by atoms with Crippen molar-refractivity contribution in [2.45, 2.75) is 0 Å². The molecule has 4 nitrogen and oxygen atoms in total. The fraction of sp³-hybridized carbons (Fsp3) is 0.400. The Morgan fingerprint density at radius 2 is 2.44 bits per heavy atom. The van der Waals surface area contributed by atoms with E-state index in [1.807, 2.05) is 0 Å². The van der Waals surface area contributed by atoms with Crippen LogP contribution in [-0.4, -0.2) is 16.9 Å². The zero-order chi connectivity index (χ0) is 6.85. The van der Waals surface area contributed by atoms with Gasteiger partial charge in [-0.2, -0.15) is 5.10 Å². The summed E-state index contributed by atoms with van der Waals surface area (Å²) in [7, 11) is 3.34. The van der Waals surface area contributed by atoms with E-state index >= 15 is 0 Å². The van der Waals surface area contributed by atoms with Gasteiger partial charge in [-0.25, -0.2) is 4.68 Å². The lowest BCUT2D eigenvalue weighted by molar-refractivity contribution is 0.375. The van der Waals surface area contributed by atoms with Crippen molar-refractivity contribution in [3.05, 3.63) is 6.20 Å². The molecule has 1 aromatic heterocycles. The highest BCUT2D eigenvalue weighted by Crippen LogP contribution is 2.17. The van der Waals surface area contributed by atoms with Crippen molar-refractivity contribution in [2.24, 2.45) is 7.05 Å². The average molecular weight is 127 g/mol. The maximum Gasteiger partial charge on any atom is 0.235 e. The molecule has 1 rings (SSSR count). The highest BCUT2D eigenvalue weighted by Gasteiger charge is 2.01. The molecule has 0 atom stereocenters. The van der Waals surface area contributed by atoms with Crippen LogP contribution in [0.5, 0.6) is 5.88 Å². The van der Waals surface area contributed by atoms with E-state index in [0.717, 1.165) is 0 Å². The first-order chi connectivity index (χ1) is 4.25. The monoisotopic (exact) mass is 127 g/mol. The van der Waals surface area contributed by atoms with Gasteiger partial charge < -0.3 is 10.5 Å². The highest BCUT2D eigenvalue weighted by molar-refractivity contribution is 5.45. The van der Waals surface area contributed by atoms with E-state index in [2.05, 4.69) is 5.10 Å². The fourth-order valence-corrected chi connectivity index (χ4v) is 0.693. The van der Waals surface area contributed by atoms with Gasteiger partial charge in [-0.1, -0.05) is 0 Å². The second-order valence-corrected chi connectivity index (χ2v) is 1.73. The predicted octanol–water partition coefficient (Wildman–Crippen LogP) is 0.0109. The molecule has 2 N–H and O–H groups in total. The Balaban J connectivity index is 3.07. The van der Waals surface area contributed by atoms with Gasteiger partial charge >= 0.3 is 0 Å². The maximum atomic E-state index is 5.44. The molecule has 4 heteroatoms. The normalized spacial score (nSPS) is 9.56. The molecule has 0 aliphatic carbocycles. The van der Waals surface area contributed by atoms with Gasteiger partial charge in [0.2, 0.25) is 5.88 Å². The highest BCUT2D eigenvalue weighted by atomic mass is 16.5. The summed E-state index contributed by atoms with van der Waals surface area (Å²) in [6, 6.07) is 0. The lowest BCUT2D eigenvalue weighted by atomic mass is 10.6. The van der Waals surface area contributed by atoms with Gasteiger partial charge in [-0.05, 0) is 0 Å². The molecule has 0 bridgehead atoms. The lowest BCUT2D eigenvalue weighted by Crippen LogP contribution is -1.96. The standard InChI is InChI=1S/C5H9N3O/c1-8-5(9-2)4(6)3-7-8/h3H,6H2,1-2H3. The third-order valence-corrected chi connectivity index (χ3v) is 1.10. The second-order valence-electron chi connectivity index (χ2n) is 1.73. The second kappa shape index (κ2) is 1.97. The molecule has 0 amide bonds. The Kier molecular flexibility index (Phi) is 1.30. The molecular weight excluding hydrogens is 118 g/mol. The minimum absolute atomic E-state index is 0.569. The molecule has 0 unspecified atom stereocenters. The van der Waals surface area contributed by atoms with Crippen LogP contribution in [0.1, 0.15) is 0 Å². The van der Waals surface area contributed by atoms with Crippen LogP contribution in [0, 0.1) is 0 Å². The van der Waals surface area contributed by atoms with Crippen LogP contribution in [0.25, 0.3) is 0 Å². The van der Waals surface area contributed by atoms with E-state index in [1.54, 1.807) is 25.0 Å². The Bertz CT molecular complexity index is 186. The van der Waals surface area contributed by atoms with Gasteiger partial charge in [-0.15, -0.1) is 0 Å². The SMILES string of the molecule is COc1c(N)cnn1C. The van der Waals surface area contributed by atoms with Crippen LogP contribution in [0.3, 0.4) is 0 Å². The predicted molar refractivity (Wildman–Crippen MR) is 34.2 cm³/mol. The number of aryl methyl sites for hydroxylation is 1. The summed E-state index contributed by atoms with van der Waals surface area (Å²) < 4.78 is 6.47. The van der Waals surface area contributed by atoms with Crippen molar-refractivity contribution in [3.8, 4) is 5.88 Å². The maximum absolute atomic E-state index is 5.44. The number of methoxy groups -OCH3 is 1. The average Bonchev–Trinajstić information content (AvgIpc) is 2.12. The molecular formula is C5H9N3O. The Morgan fingerprint density at radius 3 is 2.67 bits per heavy atom. The van der Waals surface area contributed by atoms with Gasteiger partial charge in [-0.3, -0.25) is 0 Å². The van der Waals surface area contributed by atoms with E-state index in [1.165, 1.54) is 0 Å². The van der Waals surface area contributed by atoms with E-state index in [0.29, 0.717) is 11.6 Å². The quantitative estimate of drug-likeness (QED) is 0.578. The topological polar surface area (TPSA) is 53.1 Å². The molecule has 9 heavy (non-hydrogen) atoms. The Labute approximate surface area is 53.2 Å². The van der Waals surface area contributed by atoms with Gasteiger partial charge in [0.1, 0.15) is 5.69 Å². The van der Waals surface area contributed by atoms with Crippen molar-refractivity contribution in [2.75, 3.05) is 12.8 Å². The van der Waals surface area contributed by atoms with Crippen LogP contribution in [-0.2, 0) is 7.05 Å². The number of hydrogen-bond acceptors (Lipinski definition) is 3. The summed E-state index contributed by atoms with van der Waals surface area (Å²) in [5.74, 6) is 0.606. The molecule has 0 spiro atoms. The molecule has 0 saturated heterocycles. The van der Waals surface area contributed by atoms with E-state index in [-0.39, 0.29) is 0 Å². The van der Waals surface area contributed by atoms with Crippen LogP contribution < -0.4 is 10.5 Å². The first kappa shape index (κ1) is 5.94.